The van der Waals surface area contributed by atoms with Crippen molar-refractivity contribution < 1.29 is 4.79 Å². The molecule has 0 spiro atoms. The molecule has 0 amide bonds. The Morgan fingerprint density at radius 2 is 2.19 bits per heavy atom. The largest absolute Gasteiger partial charge is 0.292 e. The molecular formula is C13H15NOS. The van der Waals surface area contributed by atoms with Crippen molar-refractivity contribution in [3.8, 4) is 0 Å². The molecule has 2 nitrogen and oxygen atoms in total. The van der Waals surface area contributed by atoms with Gasteiger partial charge in [-0.05, 0) is 18.1 Å². The van der Waals surface area contributed by atoms with E-state index in [1.165, 1.54) is 11.3 Å². The zero-order valence-corrected chi connectivity index (χ0v) is 10.4. The number of Topliss-reactive ketones (excluding diaryl/α,β-unsaturated/α-hetero) is 1. The highest BCUT2D eigenvalue weighted by Crippen LogP contribution is 2.23. The van der Waals surface area contributed by atoms with Crippen molar-refractivity contribution in [2.24, 2.45) is 5.92 Å². The van der Waals surface area contributed by atoms with E-state index in [4.69, 9.17) is 0 Å². The van der Waals surface area contributed by atoms with E-state index in [1.54, 1.807) is 0 Å². The number of hydrogen-bond donors (Lipinski definition) is 0. The maximum absolute atomic E-state index is 11.9. The number of carbonyl (C=O) groups is 1. The van der Waals surface area contributed by atoms with Crippen LogP contribution in [0.15, 0.2) is 24.3 Å². The Labute approximate surface area is 99.3 Å². The fourth-order valence-electron chi connectivity index (χ4n) is 1.54. The van der Waals surface area contributed by atoms with Crippen LogP contribution in [0.3, 0.4) is 0 Å². The molecule has 0 bridgehead atoms. The molecule has 0 saturated heterocycles. The Hall–Kier alpha value is -1.22. The van der Waals surface area contributed by atoms with Crippen LogP contribution in [0.2, 0.25) is 0 Å². The van der Waals surface area contributed by atoms with E-state index in [2.05, 4.69) is 18.8 Å². The van der Waals surface area contributed by atoms with E-state index < -0.39 is 0 Å². The Morgan fingerprint density at radius 3 is 2.88 bits per heavy atom. The molecule has 3 heteroatoms. The fourth-order valence-corrected chi connectivity index (χ4v) is 2.45. The highest BCUT2D eigenvalue weighted by molar-refractivity contribution is 7.20. The van der Waals surface area contributed by atoms with Crippen LogP contribution in [0.1, 0.15) is 36.5 Å². The van der Waals surface area contributed by atoms with Crippen LogP contribution in [-0.2, 0) is 0 Å². The number of nitrogens with zero attached hydrogens (tertiary/aromatic N) is 1. The van der Waals surface area contributed by atoms with Crippen molar-refractivity contribution in [2.75, 3.05) is 0 Å². The summed E-state index contributed by atoms with van der Waals surface area (Å²) in [5.74, 6) is 0.620. The summed E-state index contributed by atoms with van der Waals surface area (Å²) in [6.07, 6.45) is 1.65. The topological polar surface area (TPSA) is 30.0 Å². The Kier molecular flexibility index (Phi) is 3.34. The Bertz CT molecular complexity index is 470. The number of thiazole rings is 1. The third kappa shape index (κ3) is 2.30. The third-order valence-corrected chi connectivity index (χ3v) is 3.84. The zero-order valence-electron chi connectivity index (χ0n) is 9.56. The molecule has 0 saturated carbocycles. The molecule has 2 rings (SSSR count). The summed E-state index contributed by atoms with van der Waals surface area (Å²) in [7, 11) is 0. The molecule has 0 N–H and O–H groups in total. The Balaban J connectivity index is 2.23. The number of ketones is 1. The van der Waals surface area contributed by atoms with Gasteiger partial charge >= 0.3 is 0 Å². The van der Waals surface area contributed by atoms with E-state index in [0.29, 0.717) is 17.3 Å². The average molecular weight is 233 g/mol. The molecule has 2 aromatic rings. The zero-order chi connectivity index (χ0) is 11.5. The summed E-state index contributed by atoms with van der Waals surface area (Å²) in [6.45, 7) is 4.21. The van der Waals surface area contributed by atoms with Gasteiger partial charge in [-0.1, -0.05) is 32.4 Å². The normalized spacial score (nSPS) is 12.9. The molecule has 0 aliphatic heterocycles. The van der Waals surface area contributed by atoms with Gasteiger partial charge in [0.1, 0.15) is 0 Å². The van der Waals surface area contributed by atoms with Gasteiger partial charge in [0.2, 0.25) is 0 Å². The average Bonchev–Trinajstić information content (AvgIpc) is 2.72. The molecule has 1 unspecified atom stereocenters. The number of rotatable bonds is 4. The first-order chi connectivity index (χ1) is 7.70. The molecule has 0 radical (unpaired) electrons. The van der Waals surface area contributed by atoms with Gasteiger partial charge in [0.05, 0.1) is 10.2 Å². The number of fused-ring (bicyclic) bond motifs is 1. The minimum Gasteiger partial charge on any atom is -0.292 e. The lowest BCUT2D eigenvalue weighted by Gasteiger charge is -2.04. The lowest BCUT2D eigenvalue weighted by atomic mass is 10.0. The molecule has 0 fully saturated rings. The summed E-state index contributed by atoms with van der Waals surface area (Å²) >= 11 is 1.50. The third-order valence-electron chi connectivity index (χ3n) is 2.76. The molecule has 16 heavy (non-hydrogen) atoms. The van der Waals surface area contributed by atoms with Gasteiger partial charge in [0.25, 0.3) is 0 Å². The van der Waals surface area contributed by atoms with Crippen LogP contribution in [0, 0.1) is 5.92 Å². The number of carbonyl (C=O) groups excluding carboxylic acids is 1. The molecule has 1 aromatic heterocycles. The number of aromatic nitrogens is 1. The maximum Gasteiger partial charge on any atom is 0.191 e. The van der Waals surface area contributed by atoms with Gasteiger partial charge in [-0.3, -0.25) is 4.79 Å². The van der Waals surface area contributed by atoms with Crippen molar-refractivity contribution in [2.45, 2.75) is 26.7 Å². The van der Waals surface area contributed by atoms with Crippen molar-refractivity contribution >= 4 is 27.3 Å². The van der Waals surface area contributed by atoms with Crippen LogP contribution in [0.4, 0.5) is 0 Å². The van der Waals surface area contributed by atoms with Crippen LogP contribution in [0.25, 0.3) is 10.2 Å². The van der Waals surface area contributed by atoms with Crippen molar-refractivity contribution in [3.05, 3.63) is 29.3 Å². The highest BCUT2D eigenvalue weighted by atomic mass is 32.1. The highest BCUT2D eigenvalue weighted by Gasteiger charge is 2.14. The van der Waals surface area contributed by atoms with Crippen LogP contribution >= 0.6 is 11.3 Å². The number of benzene rings is 1. The second-order valence-electron chi connectivity index (χ2n) is 4.13. The quantitative estimate of drug-likeness (QED) is 0.749. The molecule has 84 valence electrons. The van der Waals surface area contributed by atoms with Crippen LogP contribution < -0.4 is 0 Å². The predicted molar refractivity (Wildman–Crippen MR) is 68.0 cm³/mol. The smallest absolute Gasteiger partial charge is 0.191 e. The SMILES string of the molecule is CCC(C)CC(=O)c1nc2ccccc2s1. The standard InChI is InChI=1S/C13H15NOS/c1-3-9(2)8-11(15)13-14-10-6-4-5-7-12(10)16-13/h4-7,9H,3,8H2,1-2H3. The molecular weight excluding hydrogens is 218 g/mol. The summed E-state index contributed by atoms with van der Waals surface area (Å²) in [5.41, 5.74) is 0.931. The minimum absolute atomic E-state index is 0.176. The van der Waals surface area contributed by atoms with Gasteiger partial charge in [0, 0.05) is 6.42 Å². The second kappa shape index (κ2) is 4.74. The fraction of sp³-hybridized carbons (Fsp3) is 0.385. The Morgan fingerprint density at radius 1 is 1.44 bits per heavy atom. The summed E-state index contributed by atoms with van der Waals surface area (Å²) in [6, 6.07) is 7.88. The van der Waals surface area contributed by atoms with E-state index >= 15 is 0 Å². The summed E-state index contributed by atoms with van der Waals surface area (Å²) in [4.78, 5) is 16.3. The molecule has 1 atom stereocenters. The lowest BCUT2D eigenvalue weighted by Crippen LogP contribution is -2.04. The van der Waals surface area contributed by atoms with E-state index in [1.807, 2.05) is 24.3 Å². The first-order valence-electron chi connectivity index (χ1n) is 5.59. The van der Waals surface area contributed by atoms with Gasteiger partial charge in [0.15, 0.2) is 10.8 Å². The minimum atomic E-state index is 0.176. The molecule has 0 aliphatic rings. The second-order valence-corrected chi connectivity index (χ2v) is 5.16. The van der Waals surface area contributed by atoms with E-state index in [0.717, 1.165) is 16.6 Å². The predicted octanol–water partition coefficient (Wildman–Crippen LogP) is 3.92. The molecule has 0 aliphatic carbocycles. The lowest BCUT2D eigenvalue weighted by molar-refractivity contribution is 0.0963. The van der Waals surface area contributed by atoms with Gasteiger partial charge in [-0.15, -0.1) is 11.3 Å². The van der Waals surface area contributed by atoms with Crippen LogP contribution in [-0.4, -0.2) is 10.8 Å². The molecule has 1 heterocycles. The maximum atomic E-state index is 11.9. The number of hydrogen-bond acceptors (Lipinski definition) is 3. The van der Waals surface area contributed by atoms with Crippen molar-refractivity contribution in [1.82, 2.24) is 4.98 Å². The summed E-state index contributed by atoms with van der Waals surface area (Å²) < 4.78 is 1.09. The van der Waals surface area contributed by atoms with Crippen LogP contribution in [0.5, 0.6) is 0 Å². The first kappa shape index (κ1) is 11.3. The summed E-state index contributed by atoms with van der Waals surface area (Å²) in [5, 5.41) is 0.654. The van der Waals surface area contributed by atoms with E-state index in [-0.39, 0.29) is 5.78 Å². The van der Waals surface area contributed by atoms with Crippen molar-refractivity contribution in [3.63, 3.8) is 0 Å². The first-order valence-corrected chi connectivity index (χ1v) is 6.41. The van der Waals surface area contributed by atoms with Crippen molar-refractivity contribution in [1.29, 1.82) is 0 Å². The molecule has 1 aromatic carbocycles. The van der Waals surface area contributed by atoms with Gasteiger partial charge in [-0.2, -0.15) is 0 Å². The monoisotopic (exact) mass is 233 g/mol. The van der Waals surface area contributed by atoms with Gasteiger partial charge < -0.3 is 0 Å². The van der Waals surface area contributed by atoms with E-state index in [9.17, 15) is 4.79 Å². The number of para-hydroxylation sites is 1. The van der Waals surface area contributed by atoms with Gasteiger partial charge in [-0.25, -0.2) is 4.98 Å².